The van der Waals surface area contributed by atoms with Crippen LogP contribution in [-0.2, 0) is 27.4 Å². The second-order valence-electron chi connectivity index (χ2n) is 11.5. The number of carbonyl (C=O) groups excluding carboxylic acids is 1. The molecule has 222 valence electrons. The van der Waals surface area contributed by atoms with E-state index in [-0.39, 0.29) is 43.0 Å². The van der Waals surface area contributed by atoms with Crippen molar-refractivity contribution in [1.29, 1.82) is 0 Å². The van der Waals surface area contributed by atoms with E-state index in [0.29, 0.717) is 15.7 Å². The molecule has 3 aromatic rings. The summed E-state index contributed by atoms with van der Waals surface area (Å²) in [5, 5.41) is 13.9. The highest BCUT2D eigenvalue weighted by molar-refractivity contribution is 7.76. The number of pyridine rings is 1. The number of nitrogens with one attached hydrogen (secondary N) is 1. The minimum Gasteiger partial charge on any atom is -0.760 e. The first-order valence-electron chi connectivity index (χ1n) is 13.9. The summed E-state index contributed by atoms with van der Waals surface area (Å²) in [6, 6.07) is 18.7. The fourth-order valence-electron chi connectivity index (χ4n) is 6.41. The molecule has 2 N–H and O–H groups in total. The van der Waals surface area contributed by atoms with Crippen molar-refractivity contribution < 1.29 is 23.5 Å². The first kappa shape index (κ1) is 30.6. The highest BCUT2D eigenvalue weighted by Crippen LogP contribution is 2.53. The summed E-state index contributed by atoms with van der Waals surface area (Å²) in [4.78, 5) is 29.9. The van der Waals surface area contributed by atoms with E-state index >= 15 is 0 Å². The zero-order valence-corrected chi connectivity index (χ0v) is 25.3. The second-order valence-corrected chi connectivity index (χ2v) is 13.3. The number of hydrogen-bond acceptors (Lipinski definition) is 5. The van der Waals surface area contributed by atoms with Crippen molar-refractivity contribution >= 4 is 46.3 Å². The SMILES string of the molecule is CC1(CC(=O)O)CC(c2cccc(Cl)c2)C(C(C2CC2)C(c2ccc(Cl)cc2)N(Cc2ccccn2)S(=O)[O-])NC1=O. The van der Waals surface area contributed by atoms with Crippen LogP contribution in [0.25, 0.3) is 0 Å². The van der Waals surface area contributed by atoms with Crippen molar-refractivity contribution in [2.75, 3.05) is 0 Å². The maximum Gasteiger partial charge on any atom is 0.304 e. The van der Waals surface area contributed by atoms with Crippen molar-refractivity contribution in [1.82, 2.24) is 14.6 Å². The lowest BCUT2D eigenvalue weighted by atomic mass is 9.65. The quantitative estimate of drug-likeness (QED) is 0.255. The maximum absolute atomic E-state index is 13.7. The summed E-state index contributed by atoms with van der Waals surface area (Å²) in [6.07, 6.45) is 3.31. The highest BCUT2D eigenvalue weighted by Gasteiger charge is 2.53. The van der Waals surface area contributed by atoms with Gasteiger partial charge in [-0.2, -0.15) is 0 Å². The van der Waals surface area contributed by atoms with Gasteiger partial charge in [0.15, 0.2) is 0 Å². The van der Waals surface area contributed by atoms with E-state index in [0.717, 1.165) is 24.0 Å². The van der Waals surface area contributed by atoms with Crippen LogP contribution in [-0.4, -0.2) is 41.1 Å². The normalized spacial score (nSPS) is 24.5. The molecule has 1 aliphatic heterocycles. The van der Waals surface area contributed by atoms with E-state index in [1.807, 2.05) is 36.4 Å². The molecule has 2 aromatic carbocycles. The van der Waals surface area contributed by atoms with E-state index < -0.39 is 34.7 Å². The van der Waals surface area contributed by atoms with Crippen LogP contribution in [0.4, 0.5) is 0 Å². The van der Waals surface area contributed by atoms with Gasteiger partial charge in [0.25, 0.3) is 0 Å². The molecule has 2 heterocycles. The van der Waals surface area contributed by atoms with Gasteiger partial charge in [0, 0.05) is 45.4 Å². The number of piperidine rings is 1. The monoisotopic (exact) mass is 628 g/mol. The Kier molecular flexibility index (Phi) is 9.34. The number of aromatic nitrogens is 1. The first-order valence-corrected chi connectivity index (χ1v) is 15.6. The number of rotatable bonds is 11. The van der Waals surface area contributed by atoms with E-state index in [2.05, 4.69) is 10.3 Å². The summed E-state index contributed by atoms with van der Waals surface area (Å²) in [7, 11) is 0. The molecule has 1 saturated carbocycles. The Morgan fingerprint density at radius 1 is 1.14 bits per heavy atom. The van der Waals surface area contributed by atoms with Gasteiger partial charge in [0.05, 0.1) is 30.1 Å². The van der Waals surface area contributed by atoms with Crippen LogP contribution in [0.2, 0.25) is 10.0 Å². The summed E-state index contributed by atoms with van der Waals surface area (Å²) >= 11 is 10.0. The Hall–Kier alpha value is -2.82. The van der Waals surface area contributed by atoms with Gasteiger partial charge in [-0.05, 0) is 72.7 Å². The smallest absolute Gasteiger partial charge is 0.304 e. The van der Waals surface area contributed by atoms with Crippen molar-refractivity contribution in [2.24, 2.45) is 17.3 Å². The van der Waals surface area contributed by atoms with Gasteiger partial charge in [0.2, 0.25) is 5.91 Å². The van der Waals surface area contributed by atoms with Gasteiger partial charge in [-0.1, -0.05) is 60.5 Å². The Labute approximate surface area is 257 Å². The molecule has 8 nitrogen and oxygen atoms in total. The predicted octanol–water partition coefficient (Wildman–Crippen LogP) is 5.91. The van der Waals surface area contributed by atoms with Crippen LogP contribution in [0.5, 0.6) is 0 Å². The molecule has 1 saturated heterocycles. The number of aliphatic carboxylic acids is 1. The topological polar surface area (TPSA) is 123 Å². The molecule has 11 heteroatoms. The van der Waals surface area contributed by atoms with Crippen LogP contribution in [0.3, 0.4) is 0 Å². The highest BCUT2D eigenvalue weighted by atomic mass is 35.5. The average Bonchev–Trinajstić information content (AvgIpc) is 3.78. The number of hydrogen-bond donors (Lipinski definition) is 2. The summed E-state index contributed by atoms with van der Waals surface area (Å²) in [5.74, 6) is -1.94. The third-order valence-corrected chi connectivity index (χ3v) is 9.70. The Balaban J connectivity index is 1.65. The van der Waals surface area contributed by atoms with E-state index in [1.54, 1.807) is 43.5 Å². The third-order valence-electron chi connectivity index (χ3n) is 8.47. The lowest BCUT2D eigenvalue weighted by Gasteiger charge is -2.49. The largest absolute Gasteiger partial charge is 0.760 e. The van der Waals surface area contributed by atoms with Crippen LogP contribution < -0.4 is 5.32 Å². The van der Waals surface area contributed by atoms with Crippen LogP contribution >= 0.6 is 23.2 Å². The minimum absolute atomic E-state index is 0.0344. The zero-order valence-electron chi connectivity index (χ0n) is 23.0. The molecule has 1 aromatic heterocycles. The molecule has 6 atom stereocenters. The average molecular weight is 630 g/mol. The van der Waals surface area contributed by atoms with Gasteiger partial charge >= 0.3 is 5.97 Å². The lowest BCUT2D eigenvalue weighted by molar-refractivity contribution is -0.148. The maximum atomic E-state index is 13.7. The van der Waals surface area contributed by atoms with Crippen molar-refractivity contribution in [2.45, 2.75) is 57.2 Å². The Morgan fingerprint density at radius 2 is 1.88 bits per heavy atom. The first-order chi connectivity index (χ1) is 20.1. The fraction of sp³-hybridized carbons (Fsp3) is 0.387. The van der Waals surface area contributed by atoms with Crippen LogP contribution in [0, 0.1) is 17.3 Å². The second kappa shape index (κ2) is 12.8. The molecule has 42 heavy (non-hydrogen) atoms. The number of benzene rings is 2. The van der Waals surface area contributed by atoms with Gasteiger partial charge in [-0.3, -0.25) is 18.8 Å². The molecule has 0 radical (unpaired) electrons. The number of carboxylic acid groups (broad SMARTS) is 1. The van der Waals surface area contributed by atoms with Crippen molar-refractivity contribution in [3.8, 4) is 0 Å². The van der Waals surface area contributed by atoms with Crippen LogP contribution in [0.1, 0.15) is 61.4 Å². The van der Waals surface area contributed by atoms with Gasteiger partial charge in [-0.25, -0.2) is 4.31 Å². The Morgan fingerprint density at radius 3 is 2.48 bits per heavy atom. The van der Waals surface area contributed by atoms with Crippen molar-refractivity contribution in [3.63, 3.8) is 0 Å². The molecule has 2 aliphatic rings. The lowest BCUT2D eigenvalue weighted by Crippen LogP contribution is -2.58. The fourth-order valence-corrected chi connectivity index (χ4v) is 7.42. The third kappa shape index (κ3) is 6.87. The molecule has 5 rings (SSSR count). The molecule has 6 unspecified atom stereocenters. The predicted molar refractivity (Wildman–Crippen MR) is 160 cm³/mol. The number of amides is 1. The summed E-state index contributed by atoms with van der Waals surface area (Å²) in [5.41, 5.74) is 1.04. The number of carbonyl (C=O) groups is 2. The van der Waals surface area contributed by atoms with E-state index in [9.17, 15) is 23.5 Å². The summed E-state index contributed by atoms with van der Waals surface area (Å²) < 4.78 is 27.4. The van der Waals surface area contributed by atoms with Crippen LogP contribution in [0.15, 0.2) is 72.9 Å². The minimum atomic E-state index is -2.65. The molecule has 2 fully saturated rings. The van der Waals surface area contributed by atoms with Crippen molar-refractivity contribution in [3.05, 3.63) is 99.8 Å². The van der Waals surface area contributed by atoms with Gasteiger partial charge in [-0.15, -0.1) is 0 Å². The number of nitrogens with zero attached hydrogens (tertiary/aromatic N) is 2. The number of halogens is 2. The molecule has 0 bridgehead atoms. The zero-order chi connectivity index (χ0) is 30.0. The Bertz CT molecular complexity index is 1460. The molecular formula is C31H32Cl2N3O5S-. The molecular weight excluding hydrogens is 597 g/mol. The van der Waals surface area contributed by atoms with Gasteiger partial charge < -0.3 is 15.0 Å². The number of carboxylic acids is 1. The standard InChI is InChI=1S/C31H33Cl2N3O5S/c1-31(17-26(37)38)16-25(21-5-4-6-23(33)15-21)28(35-30(31)39)27(19-8-9-19)29(20-10-12-22(32)13-11-20)36(42(40)41)18-24-7-2-3-14-34-24/h2-7,10-15,19,25,27-29H,8-9,16-18H2,1H3,(H,35,39)(H,37,38)(H,40,41)/p-1. The van der Waals surface area contributed by atoms with E-state index in [1.165, 1.54) is 4.31 Å². The molecule has 0 spiro atoms. The van der Waals surface area contributed by atoms with E-state index in [4.69, 9.17) is 23.2 Å². The molecule has 1 aliphatic carbocycles. The summed E-state index contributed by atoms with van der Waals surface area (Å²) in [6.45, 7) is 1.71. The molecule has 1 amide bonds. The van der Waals surface area contributed by atoms with Gasteiger partial charge in [0.1, 0.15) is 0 Å².